The fraction of sp³-hybridized carbons (Fsp3) is 0.143. The molecule has 0 radical (unpaired) electrons. The number of hydrogen-bond donors (Lipinski definition) is 0. The van der Waals surface area contributed by atoms with Crippen molar-refractivity contribution >= 4 is 17.1 Å². The molecule has 0 N–H and O–H groups in total. The van der Waals surface area contributed by atoms with Crippen LogP contribution in [0.2, 0.25) is 0 Å². The Hall–Kier alpha value is -1.56. The number of hydrogen-bond acceptors (Lipinski definition) is 5. The average Bonchev–Trinajstić information content (AvgIpc) is 2.72. The first-order valence-corrected chi connectivity index (χ1v) is 4.51. The Bertz CT molecular complexity index is 419. The molecule has 2 heterocycles. The molecule has 13 heavy (non-hydrogen) atoms. The standard InChI is InChI=1S/C7H6N4OS/c1-11-6(2-9-10-11)7(12)5-3-13-4-8-5/h2-4H,1H3. The van der Waals surface area contributed by atoms with Gasteiger partial charge < -0.3 is 0 Å². The molecule has 0 aliphatic rings. The molecule has 0 aliphatic carbocycles. The van der Waals surface area contributed by atoms with Gasteiger partial charge in [-0.2, -0.15) is 0 Å². The van der Waals surface area contributed by atoms with Crippen LogP contribution in [0.15, 0.2) is 17.1 Å². The summed E-state index contributed by atoms with van der Waals surface area (Å²) in [5.41, 5.74) is 2.51. The normalized spacial score (nSPS) is 10.2. The van der Waals surface area contributed by atoms with E-state index in [0.717, 1.165) is 0 Å². The van der Waals surface area contributed by atoms with Gasteiger partial charge in [-0.1, -0.05) is 5.21 Å². The maximum atomic E-state index is 11.6. The number of carbonyl (C=O) groups excluding carboxylic acids is 1. The molecule has 2 rings (SSSR count). The topological polar surface area (TPSA) is 60.7 Å². The van der Waals surface area contributed by atoms with Crippen molar-refractivity contribution < 1.29 is 4.79 Å². The van der Waals surface area contributed by atoms with Crippen molar-refractivity contribution in [3.05, 3.63) is 28.5 Å². The number of aryl methyl sites for hydroxylation is 1. The smallest absolute Gasteiger partial charge is 0.231 e. The highest BCUT2D eigenvalue weighted by Crippen LogP contribution is 2.07. The maximum Gasteiger partial charge on any atom is 0.231 e. The summed E-state index contributed by atoms with van der Waals surface area (Å²) >= 11 is 1.39. The molecule has 0 aromatic carbocycles. The molecule has 0 amide bonds. The minimum atomic E-state index is -0.145. The number of carbonyl (C=O) groups is 1. The predicted octanol–water partition coefficient (Wildman–Crippen LogP) is 0.503. The fourth-order valence-electron chi connectivity index (χ4n) is 0.951. The molecule has 2 aromatic heterocycles. The van der Waals surface area contributed by atoms with Gasteiger partial charge in [-0.05, 0) is 0 Å². The number of nitrogens with zero attached hydrogens (tertiary/aromatic N) is 4. The van der Waals surface area contributed by atoms with Crippen molar-refractivity contribution in [1.29, 1.82) is 0 Å². The monoisotopic (exact) mass is 194 g/mol. The number of rotatable bonds is 2. The van der Waals surface area contributed by atoms with Gasteiger partial charge in [0.1, 0.15) is 11.4 Å². The second kappa shape index (κ2) is 3.06. The second-order valence-corrected chi connectivity index (χ2v) is 3.16. The number of aromatic nitrogens is 4. The van der Waals surface area contributed by atoms with Crippen LogP contribution < -0.4 is 0 Å². The van der Waals surface area contributed by atoms with Gasteiger partial charge in [-0.15, -0.1) is 16.4 Å². The van der Waals surface area contributed by atoms with Crippen molar-refractivity contribution in [2.24, 2.45) is 7.05 Å². The van der Waals surface area contributed by atoms with Crippen LogP contribution >= 0.6 is 11.3 Å². The average molecular weight is 194 g/mol. The molecule has 6 heteroatoms. The first-order valence-electron chi connectivity index (χ1n) is 3.56. The Morgan fingerprint density at radius 3 is 3.00 bits per heavy atom. The summed E-state index contributed by atoms with van der Waals surface area (Å²) in [6.07, 6.45) is 1.43. The molecule has 5 nitrogen and oxygen atoms in total. The van der Waals surface area contributed by atoms with Crippen molar-refractivity contribution in [2.75, 3.05) is 0 Å². The maximum absolute atomic E-state index is 11.6. The van der Waals surface area contributed by atoms with Gasteiger partial charge >= 0.3 is 0 Å². The van der Waals surface area contributed by atoms with Crippen LogP contribution in [0.25, 0.3) is 0 Å². The van der Waals surface area contributed by atoms with E-state index in [2.05, 4.69) is 15.3 Å². The first kappa shape index (κ1) is 8.06. The van der Waals surface area contributed by atoms with E-state index < -0.39 is 0 Å². The van der Waals surface area contributed by atoms with Crippen molar-refractivity contribution in [3.8, 4) is 0 Å². The van der Waals surface area contributed by atoms with Crippen molar-refractivity contribution in [2.45, 2.75) is 0 Å². The van der Waals surface area contributed by atoms with Crippen LogP contribution in [0.4, 0.5) is 0 Å². The third kappa shape index (κ3) is 1.35. The lowest BCUT2D eigenvalue weighted by molar-refractivity contribution is 0.102. The minimum Gasteiger partial charge on any atom is -0.285 e. The lowest BCUT2D eigenvalue weighted by atomic mass is 10.2. The third-order valence-corrected chi connectivity index (χ3v) is 2.20. The summed E-state index contributed by atoms with van der Waals surface area (Å²) < 4.78 is 1.43. The van der Waals surface area contributed by atoms with Gasteiger partial charge in [0.05, 0.1) is 11.7 Å². The van der Waals surface area contributed by atoms with Crippen LogP contribution in [0, 0.1) is 0 Å². The van der Waals surface area contributed by atoms with E-state index >= 15 is 0 Å². The summed E-state index contributed by atoms with van der Waals surface area (Å²) in [6.45, 7) is 0. The number of thiazole rings is 1. The molecule has 0 bridgehead atoms. The molecule has 0 atom stereocenters. The van der Waals surface area contributed by atoms with E-state index in [9.17, 15) is 4.79 Å². The molecule has 2 aromatic rings. The zero-order chi connectivity index (χ0) is 9.26. The van der Waals surface area contributed by atoms with Gasteiger partial charge in [0.2, 0.25) is 5.78 Å². The lowest BCUT2D eigenvalue weighted by Crippen LogP contribution is -2.08. The van der Waals surface area contributed by atoms with E-state index in [1.54, 1.807) is 17.9 Å². The van der Waals surface area contributed by atoms with Gasteiger partial charge in [0, 0.05) is 12.4 Å². The zero-order valence-corrected chi connectivity index (χ0v) is 7.65. The molecule has 0 aliphatic heterocycles. The Morgan fingerprint density at radius 1 is 1.62 bits per heavy atom. The van der Waals surface area contributed by atoms with Crippen molar-refractivity contribution in [1.82, 2.24) is 20.0 Å². The van der Waals surface area contributed by atoms with E-state index in [4.69, 9.17) is 0 Å². The first-order chi connectivity index (χ1) is 6.29. The van der Waals surface area contributed by atoms with Crippen LogP contribution in [-0.4, -0.2) is 25.8 Å². The van der Waals surface area contributed by atoms with Gasteiger partial charge in [-0.25, -0.2) is 9.67 Å². The highest BCUT2D eigenvalue weighted by molar-refractivity contribution is 7.07. The largest absolute Gasteiger partial charge is 0.285 e. The highest BCUT2D eigenvalue weighted by atomic mass is 32.1. The molecule has 0 saturated heterocycles. The van der Waals surface area contributed by atoms with E-state index in [1.165, 1.54) is 22.2 Å². The molecule has 0 unspecified atom stereocenters. The second-order valence-electron chi connectivity index (χ2n) is 2.45. The van der Waals surface area contributed by atoms with E-state index in [-0.39, 0.29) is 5.78 Å². The molecule has 0 fully saturated rings. The fourth-order valence-corrected chi connectivity index (χ4v) is 1.48. The zero-order valence-electron chi connectivity index (χ0n) is 6.84. The molecular formula is C7H6N4OS. The van der Waals surface area contributed by atoms with E-state index in [1.807, 2.05) is 0 Å². The van der Waals surface area contributed by atoms with Crippen molar-refractivity contribution in [3.63, 3.8) is 0 Å². The predicted molar refractivity (Wildman–Crippen MR) is 46.5 cm³/mol. The number of ketones is 1. The summed E-state index contributed by atoms with van der Waals surface area (Å²) in [5.74, 6) is -0.145. The molecule has 66 valence electrons. The van der Waals surface area contributed by atoms with Crippen LogP contribution in [0.1, 0.15) is 16.2 Å². The Kier molecular flexibility index (Phi) is 1.90. The Labute approximate surface area is 78.0 Å². The van der Waals surface area contributed by atoms with Gasteiger partial charge in [0.25, 0.3) is 0 Å². The highest BCUT2D eigenvalue weighted by Gasteiger charge is 2.14. The minimum absolute atomic E-state index is 0.145. The third-order valence-electron chi connectivity index (χ3n) is 1.61. The summed E-state index contributed by atoms with van der Waals surface area (Å²) in [5, 5.41) is 8.99. The summed E-state index contributed by atoms with van der Waals surface area (Å²) in [4.78, 5) is 15.5. The summed E-state index contributed by atoms with van der Waals surface area (Å²) in [7, 11) is 1.67. The SMILES string of the molecule is Cn1nncc1C(=O)c1cscn1. The van der Waals surface area contributed by atoms with Gasteiger partial charge in [0.15, 0.2) is 0 Å². The molecule has 0 spiro atoms. The van der Waals surface area contributed by atoms with Gasteiger partial charge in [-0.3, -0.25) is 4.79 Å². The van der Waals surface area contributed by atoms with Crippen LogP contribution in [0.3, 0.4) is 0 Å². The molecular weight excluding hydrogens is 188 g/mol. The van der Waals surface area contributed by atoms with Crippen LogP contribution in [-0.2, 0) is 7.05 Å². The van der Waals surface area contributed by atoms with Crippen LogP contribution in [0.5, 0.6) is 0 Å². The molecule has 0 saturated carbocycles. The Morgan fingerprint density at radius 2 is 2.46 bits per heavy atom. The summed E-state index contributed by atoms with van der Waals surface area (Å²) in [6, 6.07) is 0. The lowest BCUT2D eigenvalue weighted by Gasteiger charge is -1.94. The quantitative estimate of drug-likeness (QED) is 0.653. The Balaban J connectivity index is 2.39. The van der Waals surface area contributed by atoms with E-state index in [0.29, 0.717) is 11.4 Å².